The van der Waals surface area contributed by atoms with Crippen molar-refractivity contribution < 1.29 is 17.9 Å². The van der Waals surface area contributed by atoms with Gasteiger partial charge >= 0.3 is 0 Å². The molecule has 3 N–H and O–H groups in total. The van der Waals surface area contributed by atoms with Gasteiger partial charge in [0.1, 0.15) is 0 Å². The number of carbonyl (C=O) groups excluding carboxylic acids is 1. The maximum Gasteiger partial charge on any atom is 0.278 e. The Balaban J connectivity index is 0.00000408. The molecule has 0 aliphatic rings. The van der Waals surface area contributed by atoms with Crippen LogP contribution in [0.25, 0.3) is 11.3 Å². The van der Waals surface area contributed by atoms with Crippen molar-refractivity contribution in [2.24, 2.45) is 0 Å². The van der Waals surface area contributed by atoms with Gasteiger partial charge in [-0.3, -0.25) is 9.78 Å². The zero-order valence-corrected chi connectivity index (χ0v) is 20.6. The van der Waals surface area contributed by atoms with Crippen LogP contribution < -0.4 is 11.1 Å². The Morgan fingerprint density at radius 3 is 2.47 bits per heavy atom. The fourth-order valence-electron chi connectivity index (χ4n) is 3.10. The molecule has 0 saturated carbocycles. The zero-order chi connectivity index (χ0) is 24.0. The zero-order valence-electron chi connectivity index (χ0n) is 19.0. The topological polar surface area (TPSA) is 140 Å². The molecule has 34 heavy (non-hydrogen) atoms. The van der Waals surface area contributed by atoms with Crippen LogP contribution in [0.1, 0.15) is 24.3 Å². The fourth-order valence-corrected chi connectivity index (χ4v) is 4.72. The molecule has 0 aliphatic heterocycles. The van der Waals surface area contributed by atoms with Crippen molar-refractivity contribution in [1.82, 2.24) is 19.3 Å². The van der Waals surface area contributed by atoms with Crippen LogP contribution in [0.5, 0.6) is 0 Å². The van der Waals surface area contributed by atoms with Crippen LogP contribution >= 0.6 is 12.4 Å². The van der Waals surface area contributed by atoms with E-state index in [9.17, 15) is 13.2 Å². The molecule has 2 aromatic heterocycles. The first-order chi connectivity index (χ1) is 15.7. The van der Waals surface area contributed by atoms with Crippen molar-refractivity contribution in [2.75, 3.05) is 31.3 Å². The minimum atomic E-state index is -3.71. The Morgan fingerprint density at radius 2 is 1.88 bits per heavy atom. The molecule has 12 heteroatoms. The van der Waals surface area contributed by atoms with Crippen molar-refractivity contribution in [3.05, 3.63) is 60.7 Å². The number of pyridine rings is 1. The van der Waals surface area contributed by atoms with Gasteiger partial charge in [0.05, 0.1) is 35.3 Å². The lowest BCUT2D eigenvalue weighted by Crippen LogP contribution is -2.39. The number of hydrogen-bond donors (Lipinski definition) is 2. The van der Waals surface area contributed by atoms with Gasteiger partial charge in [0, 0.05) is 31.5 Å². The van der Waals surface area contributed by atoms with Crippen molar-refractivity contribution >= 4 is 39.8 Å². The maximum atomic E-state index is 13.1. The van der Waals surface area contributed by atoms with E-state index in [-0.39, 0.29) is 41.4 Å². The Bertz CT molecular complexity index is 1210. The van der Waals surface area contributed by atoms with Crippen LogP contribution in [0.3, 0.4) is 0 Å². The van der Waals surface area contributed by atoms with Crippen LogP contribution in [-0.4, -0.2) is 59.9 Å². The molecule has 3 aromatic rings. The smallest absolute Gasteiger partial charge is 0.278 e. The number of nitrogen functional groups attached to an aromatic ring is 1. The standard InChI is InChI=1S/C22H26N6O4S.ClH/c1-15(2)28(11-12-32-3)33(30,31)18-8-6-16(7-9-18)19-14-25-21(23)20(27-19)22(29)26-17-5-4-10-24-13-17;/h4-10,13-15H,11-12H2,1-3H3,(H2,23,25)(H,26,29);1H. The second-order valence-electron chi connectivity index (χ2n) is 7.41. The summed E-state index contributed by atoms with van der Waals surface area (Å²) in [5, 5.41) is 2.67. The summed E-state index contributed by atoms with van der Waals surface area (Å²) in [6.07, 6.45) is 4.52. The van der Waals surface area contributed by atoms with Crippen molar-refractivity contribution in [3.63, 3.8) is 0 Å². The lowest BCUT2D eigenvalue weighted by molar-refractivity contribution is 0.102. The van der Waals surface area contributed by atoms with Crippen molar-refractivity contribution in [1.29, 1.82) is 0 Å². The number of halogens is 1. The van der Waals surface area contributed by atoms with Crippen LogP contribution in [0.2, 0.25) is 0 Å². The van der Waals surface area contributed by atoms with E-state index in [1.54, 1.807) is 30.5 Å². The first-order valence-corrected chi connectivity index (χ1v) is 11.6. The number of nitrogens with zero attached hydrogens (tertiary/aromatic N) is 4. The molecule has 0 aliphatic carbocycles. The highest BCUT2D eigenvalue weighted by molar-refractivity contribution is 7.89. The van der Waals surface area contributed by atoms with Gasteiger partial charge in [-0.15, -0.1) is 12.4 Å². The molecule has 0 fully saturated rings. The number of sulfonamides is 1. The average molecular weight is 507 g/mol. The molecule has 2 heterocycles. The minimum Gasteiger partial charge on any atom is -0.383 e. The highest BCUT2D eigenvalue weighted by Crippen LogP contribution is 2.24. The Hall–Kier alpha value is -3.12. The number of hydrogen-bond acceptors (Lipinski definition) is 8. The van der Waals surface area contributed by atoms with E-state index in [4.69, 9.17) is 10.5 Å². The van der Waals surface area contributed by atoms with Crippen LogP contribution in [-0.2, 0) is 14.8 Å². The molecule has 10 nitrogen and oxygen atoms in total. The number of amides is 1. The Kier molecular flexibility index (Phi) is 9.45. The lowest BCUT2D eigenvalue weighted by Gasteiger charge is -2.25. The molecular weight excluding hydrogens is 480 g/mol. The summed E-state index contributed by atoms with van der Waals surface area (Å²) in [7, 11) is -2.18. The number of carbonyl (C=O) groups is 1. The van der Waals surface area contributed by atoms with Gasteiger partial charge in [-0.25, -0.2) is 18.4 Å². The fraction of sp³-hybridized carbons (Fsp3) is 0.273. The second kappa shape index (κ2) is 11.8. The summed E-state index contributed by atoms with van der Waals surface area (Å²) in [4.78, 5) is 25.1. The molecule has 0 bridgehead atoms. The molecule has 3 rings (SSSR count). The predicted molar refractivity (Wildman–Crippen MR) is 132 cm³/mol. The van der Waals surface area contributed by atoms with Crippen molar-refractivity contribution in [3.8, 4) is 11.3 Å². The van der Waals surface area contributed by atoms with Gasteiger partial charge in [-0.1, -0.05) is 12.1 Å². The van der Waals surface area contributed by atoms with Gasteiger partial charge in [0.25, 0.3) is 5.91 Å². The van der Waals surface area contributed by atoms with Crippen LogP contribution in [0.15, 0.2) is 59.9 Å². The third-order valence-electron chi connectivity index (χ3n) is 4.78. The molecule has 0 radical (unpaired) electrons. The van der Waals surface area contributed by atoms with Gasteiger partial charge in [0.15, 0.2) is 11.5 Å². The molecule has 182 valence electrons. The predicted octanol–water partition coefficient (Wildman–Crippen LogP) is 2.84. The summed E-state index contributed by atoms with van der Waals surface area (Å²) in [5.74, 6) is -0.551. The first kappa shape index (κ1) is 27.1. The number of nitrogens with two attached hydrogens (primary N) is 1. The largest absolute Gasteiger partial charge is 0.383 e. The number of ether oxygens (including phenoxy) is 1. The van der Waals surface area contributed by atoms with E-state index in [1.165, 1.54) is 35.9 Å². The average Bonchev–Trinajstić information content (AvgIpc) is 2.80. The number of methoxy groups -OCH3 is 1. The number of anilines is 2. The molecule has 1 aromatic carbocycles. The number of aromatic nitrogens is 3. The highest BCUT2D eigenvalue weighted by atomic mass is 35.5. The third kappa shape index (κ3) is 6.26. The van der Waals surface area contributed by atoms with Crippen LogP contribution in [0.4, 0.5) is 11.5 Å². The number of rotatable bonds is 9. The quantitative estimate of drug-likeness (QED) is 0.451. The maximum absolute atomic E-state index is 13.1. The minimum absolute atomic E-state index is 0. The molecule has 0 atom stereocenters. The van der Waals surface area contributed by atoms with Gasteiger partial charge in [-0.05, 0) is 38.1 Å². The molecular formula is C22H27ClN6O4S. The van der Waals surface area contributed by atoms with Gasteiger partial charge in [0.2, 0.25) is 10.0 Å². The summed E-state index contributed by atoms with van der Waals surface area (Å²) < 4.78 is 32.5. The summed E-state index contributed by atoms with van der Waals surface area (Å²) in [6, 6.07) is 9.38. The summed E-state index contributed by atoms with van der Waals surface area (Å²) >= 11 is 0. The number of nitrogens with one attached hydrogen (secondary N) is 1. The summed E-state index contributed by atoms with van der Waals surface area (Å²) in [6.45, 7) is 4.16. The number of benzene rings is 1. The Labute approximate surface area is 205 Å². The normalized spacial score (nSPS) is 11.3. The molecule has 0 spiro atoms. The van der Waals surface area contributed by atoms with E-state index < -0.39 is 15.9 Å². The highest BCUT2D eigenvalue weighted by Gasteiger charge is 2.26. The third-order valence-corrected chi connectivity index (χ3v) is 6.87. The van der Waals surface area contributed by atoms with Crippen LogP contribution in [0, 0.1) is 0 Å². The first-order valence-electron chi connectivity index (χ1n) is 10.2. The lowest BCUT2D eigenvalue weighted by atomic mass is 10.1. The molecule has 1 amide bonds. The van der Waals surface area contributed by atoms with E-state index in [1.807, 2.05) is 13.8 Å². The monoisotopic (exact) mass is 506 g/mol. The van der Waals surface area contributed by atoms with E-state index >= 15 is 0 Å². The molecule has 0 unspecified atom stereocenters. The Morgan fingerprint density at radius 1 is 1.18 bits per heavy atom. The SMILES string of the molecule is COCCN(C(C)C)S(=O)(=O)c1ccc(-c2cnc(N)c(C(=O)Nc3cccnc3)n2)cc1.Cl. The van der Waals surface area contributed by atoms with Gasteiger partial charge < -0.3 is 15.8 Å². The van der Waals surface area contributed by atoms with E-state index in [0.717, 1.165) is 0 Å². The second-order valence-corrected chi connectivity index (χ2v) is 9.30. The van der Waals surface area contributed by atoms with Gasteiger partial charge in [-0.2, -0.15) is 4.31 Å². The van der Waals surface area contributed by atoms with E-state index in [0.29, 0.717) is 23.6 Å². The summed E-state index contributed by atoms with van der Waals surface area (Å²) in [5.41, 5.74) is 7.28. The molecule has 0 saturated heterocycles. The van der Waals surface area contributed by atoms with Crippen molar-refractivity contribution in [2.45, 2.75) is 24.8 Å². The van der Waals surface area contributed by atoms with E-state index in [2.05, 4.69) is 20.3 Å².